The first kappa shape index (κ1) is 17.5. The second-order valence-corrected chi connectivity index (χ2v) is 9.29. The highest BCUT2D eigenvalue weighted by molar-refractivity contribution is 5.98. The minimum atomic E-state index is -0.638. The number of hydrogen-bond donors (Lipinski definition) is 0. The van der Waals surface area contributed by atoms with Gasteiger partial charge in [-0.25, -0.2) is 4.57 Å². The Morgan fingerprint density at radius 2 is 1.39 bits per heavy atom. The zero-order valence-corrected chi connectivity index (χ0v) is 18.7. The maximum Gasteiger partial charge on any atom is 0.213 e. The molecular formula is C30H28N+. The van der Waals surface area contributed by atoms with Crippen molar-refractivity contribution in [2.24, 2.45) is 7.05 Å². The molecule has 6 rings (SSSR count). The number of hydrogen-bond acceptors (Lipinski definition) is 0. The van der Waals surface area contributed by atoms with Gasteiger partial charge in [-0.05, 0) is 81.3 Å². The number of aromatic nitrogens is 1. The first-order chi connectivity index (χ1) is 15.3. The quantitative estimate of drug-likeness (QED) is 0.281. The topological polar surface area (TPSA) is 3.88 Å². The summed E-state index contributed by atoms with van der Waals surface area (Å²) in [6.07, 6.45) is 4.14. The van der Waals surface area contributed by atoms with E-state index in [-0.39, 0.29) is 0 Å². The molecule has 4 aromatic rings. The van der Waals surface area contributed by atoms with Gasteiger partial charge in [0.05, 0.1) is 5.56 Å². The van der Waals surface area contributed by atoms with Gasteiger partial charge in [-0.2, -0.15) is 0 Å². The first-order valence-electron chi connectivity index (χ1n) is 11.7. The number of nitrogens with zero attached hydrogens (tertiary/aromatic N) is 1. The van der Waals surface area contributed by atoms with Crippen molar-refractivity contribution in [3.8, 4) is 33.5 Å². The van der Waals surface area contributed by atoms with E-state index in [0.717, 1.165) is 18.4 Å². The summed E-state index contributed by atoms with van der Waals surface area (Å²) in [5.74, 6) is -0.638. The van der Waals surface area contributed by atoms with Crippen molar-refractivity contribution < 1.29 is 5.94 Å². The van der Waals surface area contributed by atoms with Gasteiger partial charge in [0.2, 0.25) is 5.69 Å². The molecule has 1 nitrogen and oxygen atoms in total. The van der Waals surface area contributed by atoms with Crippen molar-refractivity contribution in [1.82, 2.24) is 0 Å². The van der Waals surface area contributed by atoms with Gasteiger partial charge in [0.1, 0.15) is 7.05 Å². The third-order valence-corrected chi connectivity index (χ3v) is 7.26. The SMILES string of the molecule is [2H]C(C)(C)c1cc[n+](C)c(-c2c(C)c3c(c4c2-c2ccccc2C4)Cc2ccccc2-3)c1. The van der Waals surface area contributed by atoms with Gasteiger partial charge in [0, 0.05) is 13.5 Å². The lowest BCUT2D eigenvalue weighted by Crippen LogP contribution is -2.31. The summed E-state index contributed by atoms with van der Waals surface area (Å²) in [6, 6.07) is 22.1. The molecule has 31 heavy (non-hydrogen) atoms. The minimum Gasteiger partial charge on any atom is -0.201 e. The molecule has 0 spiro atoms. The van der Waals surface area contributed by atoms with Crippen molar-refractivity contribution >= 4 is 0 Å². The third-order valence-electron chi connectivity index (χ3n) is 7.26. The molecule has 1 aromatic heterocycles. The molecule has 0 fully saturated rings. The van der Waals surface area contributed by atoms with Crippen molar-refractivity contribution in [3.63, 3.8) is 0 Å². The smallest absolute Gasteiger partial charge is 0.201 e. The van der Waals surface area contributed by atoms with Crippen LogP contribution in [-0.4, -0.2) is 0 Å². The monoisotopic (exact) mass is 403 g/mol. The first-order valence-corrected chi connectivity index (χ1v) is 11.2. The Morgan fingerprint density at radius 1 is 0.806 bits per heavy atom. The highest BCUT2D eigenvalue weighted by Gasteiger charge is 2.34. The van der Waals surface area contributed by atoms with Crippen LogP contribution in [0, 0.1) is 6.92 Å². The van der Waals surface area contributed by atoms with Crippen LogP contribution in [0.1, 0.15) is 54.5 Å². The van der Waals surface area contributed by atoms with Gasteiger partial charge in [-0.1, -0.05) is 62.4 Å². The average Bonchev–Trinajstić information content (AvgIpc) is 3.33. The van der Waals surface area contributed by atoms with E-state index < -0.39 is 5.89 Å². The van der Waals surface area contributed by atoms with Crippen LogP contribution < -0.4 is 4.57 Å². The predicted octanol–water partition coefficient (Wildman–Crippen LogP) is 6.75. The molecular weight excluding hydrogens is 374 g/mol. The molecule has 0 aliphatic heterocycles. The molecule has 0 atom stereocenters. The predicted molar refractivity (Wildman–Crippen MR) is 128 cm³/mol. The Morgan fingerprint density at radius 3 is 2.03 bits per heavy atom. The standard InChI is InChI=1S/C30H28N/c1-18(2)20-13-14-31(4)27(17-20)29-19(3)28-23-11-7-5-9-21(23)15-25(28)26-16-22-10-6-8-12-24(22)30(26)29/h5-14,17-18H,15-16H2,1-4H3/q+1/i18D. The average molecular weight is 404 g/mol. The van der Waals surface area contributed by atoms with Crippen LogP contribution in [0.4, 0.5) is 0 Å². The molecule has 2 aliphatic carbocycles. The lowest BCUT2D eigenvalue weighted by Gasteiger charge is -2.18. The second-order valence-electron chi connectivity index (χ2n) is 9.29. The Kier molecular flexibility index (Phi) is 3.75. The fourth-order valence-electron chi connectivity index (χ4n) is 5.71. The normalized spacial score (nSPS) is 14.0. The molecule has 0 radical (unpaired) electrons. The molecule has 1 heterocycles. The van der Waals surface area contributed by atoms with Gasteiger partial charge < -0.3 is 0 Å². The van der Waals surface area contributed by atoms with Gasteiger partial charge >= 0.3 is 0 Å². The Balaban J connectivity index is 1.74. The maximum absolute atomic E-state index is 8.64. The van der Waals surface area contributed by atoms with E-state index in [1.807, 2.05) is 13.8 Å². The minimum absolute atomic E-state index is 0.638. The van der Waals surface area contributed by atoms with E-state index >= 15 is 0 Å². The highest BCUT2D eigenvalue weighted by Crippen LogP contribution is 2.52. The van der Waals surface area contributed by atoms with Crippen molar-refractivity contribution in [2.45, 2.75) is 39.5 Å². The fourth-order valence-corrected chi connectivity index (χ4v) is 5.71. The van der Waals surface area contributed by atoms with Crippen LogP contribution >= 0.6 is 0 Å². The maximum atomic E-state index is 8.64. The molecule has 1 heteroatoms. The largest absolute Gasteiger partial charge is 0.213 e. The van der Waals surface area contributed by atoms with Crippen LogP contribution in [-0.2, 0) is 19.9 Å². The molecule has 0 unspecified atom stereocenters. The second kappa shape index (κ2) is 6.65. The van der Waals surface area contributed by atoms with Crippen molar-refractivity contribution in [3.05, 3.63) is 100 Å². The van der Waals surface area contributed by atoms with Crippen LogP contribution in [0.3, 0.4) is 0 Å². The molecule has 0 saturated heterocycles. The van der Waals surface area contributed by atoms with E-state index in [4.69, 9.17) is 1.37 Å². The van der Waals surface area contributed by atoms with Crippen molar-refractivity contribution in [1.29, 1.82) is 0 Å². The number of aryl methyl sites for hydroxylation is 1. The van der Waals surface area contributed by atoms with E-state index in [1.165, 1.54) is 61.3 Å². The van der Waals surface area contributed by atoms with E-state index in [9.17, 15) is 0 Å². The zero-order valence-electron chi connectivity index (χ0n) is 19.7. The Labute approximate surface area is 186 Å². The number of rotatable bonds is 2. The van der Waals surface area contributed by atoms with Gasteiger partial charge in [0.25, 0.3) is 0 Å². The van der Waals surface area contributed by atoms with Crippen LogP contribution in [0.2, 0.25) is 0 Å². The molecule has 0 bridgehead atoms. The number of fused-ring (bicyclic) bond motifs is 7. The summed E-state index contributed by atoms with van der Waals surface area (Å²) >= 11 is 0. The Hall–Kier alpha value is -3.19. The van der Waals surface area contributed by atoms with Crippen molar-refractivity contribution in [2.75, 3.05) is 0 Å². The Bertz CT molecular complexity index is 1420. The summed E-state index contributed by atoms with van der Waals surface area (Å²) in [4.78, 5) is 0. The van der Waals surface area contributed by atoms with Gasteiger partial charge in [0.15, 0.2) is 6.20 Å². The van der Waals surface area contributed by atoms with E-state index in [0.29, 0.717) is 0 Å². The summed E-state index contributed by atoms with van der Waals surface area (Å²) in [7, 11) is 2.13. The van der Waals surface area contributed by atoms with Gasteiger partial charge in [-0.3, -0.25) is 0 Å². The number of pyridine rings is 1. The summed E-state index contributed by atoms with van der Waals surface area (Å²) in [5.41, 5.74) is 16.4. The molecule has 0 N–H and O–H groups in total. The summed E-state index contributed by atoms with van der Waals surface area (Å²) in [6.45, 7) is 6.24. The lowest BCUT2D eigenvalue weighted by atomic mass is 9.85. The van der Waals surface area contributed by atoms with E-state index in [1.54, 1.807) is 0 Å². The molecule has 0 saturated carbocycles. The van der Waals surface area contributed by atoms with Crippen LogP contribution in [0.5, 0.6) is 0 Å². The molecule has 152 valence electrons. The molecule has 3 aromatic carbocycles. The summed E-state index contributed by atoms with van der Waals surface area (Å²) in [5, 5.41) is 0. The third kappa shape index (κ3) is 2.59. The highest BCUT2D eigenvalue weighted by atomic mass is 14.9. The fraction of sp³-hybridized carbons (Fsp3) is 0.233. The lowest BCUT2D eigenvalue weighted by molar-refractivity contribution is -0.660. The van der Waals surface area contributed by atoms with Crippen LogP contribution in [0.25, 0.3) is 33.5 Å². The zero-order chi connectivity index (χ0) is 22.2. The molecule has 0 amide bonds. The van der Waals surface area contributed by atoms with Crippen LogP contribution in [0.15, 0.2) is 66.9 Å². The molecule has 2 aliphatic rings. The van der Waals surface area contributed by atoms with E-state index in [2.05, 4.69) is 85.4 Å². The van der Waals surface area contributed by atoms with Gasteiger partial charge in [-0.15, -0.1) is 0 Å². The number of benzene rings is 3. The summed E-state index contributed by atoms with van der Waals surface area (Å²) < 4.78 is 10.9.